The molecule has 1 aromatic carbocycles. The van der Waals surface area contributed by atoms with Crippen molar-refractivity contribution in [3.05, 3.63) is 34.1 Å². The van der Waals surface area contributed by atoms with E-state index in [1.165, 1.54) is 37.8 Å². The van der Waals surface area contributed by atoms with Crippen LogP contribution in [0.4, 0.5) is 4.39 Å². The normalized spacial score (nSPS) is 19.2. The number of rotatable bonds is 5. The molecular formula is C16H24BrFN2. The highest BCUT2D eigenvalue weighted by molar-refractivity contribution is 9.10. The van der Waals surface area contributed by atoms with Crippen LogP contribution in [0.3, 0.4) is 0 Å². The molecule has 0 amide bonds. The van der Waals surface area contributed by atoms with Gasteiger partial charge in [0.25, 0.3) is 0 Å². The van der Waals surface area contributed by atoms with Gasteiger partial charge >= 0.3 is 0 Å². The summed E-state index contributed by atoms with van der Waals surface area (Å²) in [6.45, 7) is 5.01. The highest BCUT2D eigenvalue weighted by Crippen LogP contribution is 2.32. The van der Waals surface area contributed by atoms with Gasteiger partial charge in [-0.1, -0.05) is 41.8 Å². The predicted molar refractivity (Wildman–Crippen MR) is 85.1 cm³/mol. The number of hydrogen-bond donors (Lipinski definition) is 1. The Balaban J connectivity index is 2.05. The second kappa shape index (κ2) is 7.53. The predicted octanol–water partition coefficient (Wildman–Crippen LogP) is 4.10. The zero-order valence-electron chi connectivity index (χ0n) is 12.1. The molecule has 2 nitrogen and oxygen atoms in total. The topological polar surface area (TPSA) is 29.3 Å². The number of hydrogen-bond acceptors (Lipinski definition) is 2. The van der Waals surface area contributed by atoms with Gasteiger partial charge in [-0.25, -0.2) is 4.39 Å². The van der Waals surface area contributed by atoms with Gasteiger partial charge in [0.05, 0.1) is 0 Å². The van der Waals surface area contributed by atoms with E-state index in [1.807, 2.05) is 6.07 Å². The lowest BCUT2D eigenvalue weighted by Crippen LogP contribution is -2.40. The third kappa shape index (κ3) is 3.80. The summed E-state index contributed by atoms with van der Waals surface area (Å²) in [7, 11) is 0. The van der Waals surface area contributed by atoms with E-state index in [-0.39, 0.29) is 11.9 Å². The number of halogens is 2. The largest absolute Gasteiger partial charge is 0.329 e. The lowest BCUT2D eigenvalue weighted by atomic mass is 9.91. The second-order valence-corrected chi connectivity index (χ2v) is 6.54. The summed E-state index contributed by atoms with van der Waals surface area (Å²) in [5.41, 5.74) is 7.08. The fraction of sp³-hybridized carbons (Fsp3) is 0.625. The van der Waals surface area contributed by atoms with Gasteiger partial charge < -0.3 is 5.73 Å². The Kier molecular flexibility index (Phi) is 6.00. The summed E-state index contributed by atoms with van der Waals surface area (Å²) < 4.78 is 14.0. The van der Waals surface area contributed by atoms with E-state index < -0.39 is 0 Å². The van der Waals surface area contributed by atoms with Crippen LogP contribution in [0.5, 0.6) is 0 Å². The van der Waals surface area contributed by atoms with Crippen LogP contribution in [-0.2, 0) is 0 Å². The van der Waals surface area contributed by atoms with Crippen molar-refractivity contribution in [2.75, 3.05) is 19.6 Å². The van der Waals surface area contributed by atoms with Gasteiger partial charge in [0, 0.05) is 17.1 Å². The van der Waals surface area contributed by atoms with Crippen molar-refractivity contribution < 1.29 is 4.39 Å². The van der Waals surface area contributed by atoms with Crippen molar-refractivity contribution in [1.82, 2.24) is 4.90 Å². The number of nitrogens with zero attached hydrogens (tertiary/aromatic N) is 1. The smallest absolute Gasteiger partial charge is 0.124 e. The Labute approximate surface area is 129 Å². The van der Waals surface area contributed by atoms with E-state index in [0.717, 1.165) is 29.0 Å². The first-order valence-electron chi connectivity index (χ1n) is 7.54. The minimum atomic E-state index is -0.210. The third-order valence-electron chi connectivity index (χ3n) is 4.33. The van der Waals surface area contributed by atoms with E-state index >= 15 is 0 Å². The van der Waals surface area contributed by atoms with E-state index in [4.69, 9.17) is 5.73 Å². The van der Waals surface area contributed by atoms with Crippen LogP contribution >= 0.6 is 15.9 Å². The molecule has 2 N–H and O–H groups in total. The molecule has 0 aromatic heterocycles. The van der Waals surface area contributed by atoms with Crippen molar-refractivity contribution in [3.8, 4) is 0 Å². The molecule has 0 radical (unpaired) electrons. The van der Waals surface area contributed by atoms with Crippen molar-refractivity contribution in [2.45, 2.75) is 38.6 Å². The summed E-state index contributed by atoms with van der Waals surface area (Å²) in [6, 6.07) is 5.09. The molecule has 1 unspecified atom stereocenters. The molecule has 112 valence electrons. The molecule has 4 heteroatoms. The van der Waals surface area contributed by atoms with E-state index in [9.17, 15) is 4.39 Å². The number of benzene rings is 1. The number of likely N-dealkylation sites (tertiary alicyclic amines) is 1. The summed E-state index contributed by atoms with van der Waals surface area (Å²) in [6.07, 6.45) is 5.11. The zero-order chi connectivity index (χ0) is 14.5. The molecule has 1 heterocycles. The molecule has 1 aliphatic rings. The van der Waals surface area contributed by atoms with E-state index in [0.29, 0.717) is 6.54 Å². The van der Waals surface area contributed by atoms with Crippen molar-refractivity contribution in [1.29, 1.82) is 0 Å². The Hall–Kier alpha value is -0.450. The average molecular weight is 343 g/mol. The molecule has 20 heavy (non-hydrogen) atoms. The molecular weight excluding hydrogens is 319 g/mol. The standard InChI is InChI=1S/C16H24BrFN2/c1-2-3-12-6-8-20(9-7-12)16(11-19)14-5-4-13(18)10-15(14)17/h4-5,10,12,16H,2-3,6-9,11,19H2,1H3. The fourth-order valence-corrected chi connectivity index (χ4v) is 3.82. The summed E-state index contributed by atoms with van der Waals surface area (Å²) in [5.74, 6) is 0.657. The second-order valence-electron chi connectivity index (χ2n) is 5.69. The molecule has 0 bridgehead atoms. The minimum Gasteiger partial charge on any atom is -0.329 e. The van der Waals surface area contributed by atoms with Crippen molar-refractivity contribution >= 4 is 15.9 Å². The van der Waals surface area contributed by atoms with Crippen LogP contribution in [0.1, 0.15) is 44.2 Å². The lowest BCUT2D eigenvalue weighted by molar-refractivity contribution is 0.131. The summed E-state index contributed by atoms with van der Waals surface area (Å²) in [5, 5.41) is 0. The number of nitrogens with two attached hydrogens (primary N) is 1. The van der Waals surface area contributed by atoms with Gasteiger partial charge in [-0.05, 0) is 49.5 Å². The van der Waals surface area contributed by atoms with Crippen LogP contribution in [0.2, 0.25) is 0 Å². The average Bonchev–Trinajstić information content (AvgIpc) is 2.44. The highest BCUT2D eigenvalue weighted by atomic mass is 79.9. The molecule has 1 aromatic rings. The fourth-order valence-electron chi connectivity index (χ4n) is 3.21. The first-order chi connectivity index (χ1) is 9.65. The van der Waals surface area contributed by atoms with Crippen LogP contribution in [0, 0.1) is 11.7 Å². The summed E-state index contributed by atoms with van der Waals surface area (Å²) >= 11 is 3.47. The molecule has 0 saturated carbocycles. The zero-order valence-corrected chi connectivity index (χ0v) is 13.7. The van der Waals surface area contributed by atoms with Gasteiger partial charge in [0.15, 0.2) is 0 Å². The van der Waals surface area contributed by atoms with Gasteiger partial charge in [0.1, 0.15) is 5.82 Å². The maximum atomic E-state index is 13.2. The highest BCUT2D eigenvalue weighted by Gasteiger charge is 2.26. The molecule has 1 fully saturated rings. The molecule has 0 spiro atoms. The molecule has 1 atom stereocenters. The van der Waals surface area contributed by atoms with Crippen LogP contribution in [0.15, 0.2) is 22.7 Å². The Morgan fingerprint density at radius 2 is 2.10 bits per heavy atom. The Morgan fingerprint density at radius 3 is 2.65 bits per heavy atom. The van der Waals surface area contributed by atoms with Crippen molar-refractivity contribution in [3.63, 3.8) is 0 Å². The number of piperidine rings is 1. The van der Waals surface area contributed by atoms with Crippen LogP contribution < -0.4 is 5.73 Å². The van der Waals surface area contributed by atoms with Gasteiger partial charge in [-0.3, -0.25) is 4.90 Å². The monoisotopic (exact) mass is 342 g/mol. The first kappa shape index (κ1) is 15.9. The Morgan fingerprint density at radius 1 is 1.40 bits per heavy atom. The maximum Gasteiger partial charge on any atom is 0.124 e. The first-order valence-corrected chi connectivity index (χ1v) is 8.34. The molecule has 1 aliphatic heterocycles. The maximum absolute atomic E-state index is 13.2. The van der Waals surface area contributed by atoms with Gasteiger partial charge in [-0.2, -0.15) is 0 Å². The molecule has 1 saturated heterocycles. The SMILES string of the molecule is CCCC1CCN(C(CN)c2ccc(F)cc2Br)CC1. The molecule has 0 aliphatic carbocycles. The third-order valence-corrected chi connectivity index (χ3v) is 5.02. The van der Waals surface area contributed by atoms with Crippen LogP contribution in [-0.4, -0.2) is 24.5 Å². The van der Waals surface area contributed by atoms with Gasteiger partial charge in [0.2, 0.25) is 0 Å². The minimum absolute atomic E-state index is 0.188. The quantitative estimate of drug-likeness (QED) is 0.872. The van der Waals surface area contributed by atoms with Gasteiger partial charge in [-0.15, -0.1) is 0 Å². The summed E-state index contributed by atoms with van der Waals surface area (Å²) in [4.78, 5) is 2.45. The van der Waals surface area contributed by atoms with E-state index in [2.05, 4.69) is 27.8 Å². The lowest BCUT2D eigenvalue weighted by Gasteiger charge is -2.37. The molecule has 2 rings (SSSR count). The van der Waals surface area contributed by atoms with E-state index in [1.54, 1.807) is 0 Å². The van der Waals surface area contributed by atoms with Crippen LogP contribution in [0.25, 0.3) is 0 Å². The Bertz CT molecular complexity index is 430. The van der Waals surface area contributed by atoms with Crippen molar-refractivity contribution in [2.24, 2.45) is 11.7 Å².